The molecule has 4 nitrogen and oxygen atoms in total. The summed E-state index contributed by atoms with van der Waals surface area (Å²) in [5, 5.41) is 5.53. The van der Waals surface area contributed by atoms with E-state index in [1.165, 1.54) is 6.07 Å². The minimum absolute atomic E-state index is 0.288. The van der Waals surface area contributed by atoms with Crippen LogP contribution in [0, 0.1) is 11.7 Å². The summed E-state index contributed by atoms with van der Waals surface area (Å²) in [6.07, 6.45) is 0. The van der Waals surface area contributed by atoms with Crippen molar-refractivity contribution in [1.29, 1.82) is 0 Å². The van der Waals surface area contributed by atoms with Crippen molar-refractivity contribution in [2.24, 2.45) is 10.9 Å². The molecule has 1 fully saturated rings. The van der Waals surface area contributed by atoms with Crippen molar-refractivity contribution in [3.05, 3.63) is 34.1 Å². The van der Waals surface area contributed by atoms with Gasteiger partial charge < -0.3 is 5.32 Å². The third kappa shape index (κ3) is 3.32. The summed E-state index contributed by atoms with van der Waals surface area (Å²) >= 11 is 3.19. The number of carbonyl (C=O) groups is 1. The van der Waals surface area contributed by atoms with Crippen molar-refractivity contribution in [3.8, 4) is 0 Å². The molecule has 1 aromatic rings. The molecule has 6 heteroatoms. The summed E-state index contributed by atoms with van der Waals surface area (Å²) < 4.78 is 14.5. The highest BCUT2D eigenvalue weighted by molar-refractivity contribution is 9.10. The van der Waals surface area contributed by atoms with Crippen molar-refractivity contribution in [2.45, 2.75) is 19.9 Å². The fourth-order valence-electron chi connectivity index (χ4n) is 1.74. The maximum absolute atomic E-state index is 13.8. The number of nitrogens with one attached hydrogen (secondary N) is 2. The third-order valence-corrected chi connectivity index (χ3v) is 3.17. The summed E-state index contributed by atoms with van der Waals surface area (Å²) in [6.45, 7) is 4.68. The maximum atomic E-state index is 13.8. The van der Waals surface area contributed by atoms with Gasteiger partial charge in [0, 0.05) is 16.6 Å². The Kier molecular flexibility index (Phi) is 4.19. The Morgan fingerprint density at radius 2 is 2.21 bits per heavy atom. The van der Waals surface area contributed by atoms with E-state index in [-0.39, 0.29) is 5.91 Å². The number of rotatable bonds is 3. The van der Waals surface area contributed by atoms with Crippen molar-refractivity contribution in [2.75, 3.05) is 6.54 Å². The molecule has 1 heterocycles. The molecule has 0 saturated carbocycles. The minimum Gasteiger partial charge on any atom is -0.340 e. The summed E-state index contributed by atoms with van der Waals surface area (Å²) in [5.74, 6) is 0.0940. The molecule has 0 aliphatic carbocycles. The molecule has 1 atom stereocenters. The first kappa shape index (κ1) is 14.0. The minimum atomic E-state index is -0.723. The molecule has 1 aliphatic rings. The van der Waals surface area contributed by atoms with E-state index < -0.39 is 11.9 Å². The summed E-state index contributed by atoms with van der Waals surface area (Å²) in [7, 11) is 0. The highest BCUT2D eigenvalue weighted by Gasteiger charge is 2.31. The molecule has 0 radical (unpaired) electrons. The molecule has 2 N–H and O–H groups in total. The SMILES string of the molecule is CC(C)CN=C1NC(=O)C(c2ccc(Br)cc2F)N1. The van der Waals surface area contributed by atoms with E-state index in [9.17, 15) is 9.18 Å². The van der Waals surface area contributed by atoms with Gasteiger partial charge in [-0.05, 0) is 18.1 Å². The lowest BCUT2D eigenvalue weighted by Gasteiger charge is -2.09. The fourth-order valence-corrected chi connectivity index (χ4v) is 2.07. The first-order valence-electron chi connectivity index (χ1n) is 6.04. The highest BCUT2D eigenvalue weighted by atomic mass is 79.9. The third-order valence-electron chi connectivity index (χ3n) is 2.67. The zero-order valence-corrected chi connectivity index (χ0v) is 12.3. The standard InChI is InChI=1S/C13H15BrFN3O/c1-7(2)6-16-13-17-11(12(19)18-13)9-4-3-8(14)5-10(9)15/h3-5,7,11H,6H2,1-2H3,(H2,16,17,18,19). The summed E-state index contributed by atoms with van der Waals surface area (Å²) in [5.41, 5.74) is 0.315. The Morgan fingerprint density at radius 3 is 2.84 bits per heavy atom. The van der Waals surface area contributed by atoms with Crippen LogP contribution in [0.4, 0.5) is 4.39 Å². The van der Waals surface area contributed by atoms with Gasteiger partial charge in [-0.3, -0.25) is 15.1 Å². The van der Waals surface area contributed by atoms with Crippen LogP contribution in [0.5, 0.6) is 0 Å². The van der Waals surface area contributed by atoms with Gasteiger partial charge in [0.1, 0.15) is 11.9 Å². The predicted octanol–water partition coefficient (Wildman–Crippen LogP) is 2.36. The number of guanidine groups is 1. The molecular formula is C13H15BrFN3O. The summed E-state index contributed by atoms with van der Waals surface area (Å²) in [6, 6.07) is 3.91. The van der Waals surface area contributed by atoms with Crippen LogP contribution >= 0.6 is 15.9 Å². The molecule has 102 valence electrons. The van der Waals surface area contributed by atoms with Gasteiger partial charge in [0.2, 0.25) is 0 Å². The number of benzene rings is 1. The van der Waals surface area contributed by atoms with E-state index in [2.05, 4.69) is 31.6 Å². The normalized spacial score (nSPS) is 20.8. The molecule has 1 amide bonds. The van der Waals surface area contributed by atoms with Crippen LogP contribution in [-0.2, 0) is 4.79 Å². The molecule has 0 spiro atoms. The van der Waals surface area contributed by atoms with Gasteiger partial charge in [0.15, 0.2) is 5.96 Å². The van der Waals surface area contributed by atoms with Crippen LogP contribution in [0.15, 0.2) is 27.7 Å². The Labute approximate surface area is 119 Å². The van der Waals surface area contributed by atoms with E-state index in [0.29, 0.717) is 28.5 Å². The van der Waals surface area contributed by atoms with E-state index in [0.717, 1.165) is 0 Å². The van der Waals surface area contributed by atoms with E-state index in [1.807, 2.05) is 13.8 Å². The first-order chi connectivity index (χ1) is 8.97. The van der Waals surface area contributed by atoms with Gasteiger partial charge in [-0.25, -0.2) is 4.39 Å². The zero-order valence-electron chi connectivity index (χ0n) is 10.7. The van der Waals surface area contributed by atoms with Gasteiger partial charge in [0.05, 0.1) is 0 Å². The number of amides is 1. The quantitative estimate of drug-likeness (QED) is 0.895. The molecule has 19 heavy (non-hydrogen) atoms. The Bertz CT molecular complexity index is 531. The van der Waals surface area contributed by atoms with Crippen LogP contribution in [0.3, 0.4) is 0 Å². The second kappa shape index (κ2) is 5.69. The number of hydrogen-bond donors (Lipinski definition) is 2. The maximum Gasteiger partial charge on any atom is 0.254 e. The topological polar surface area (TPSA) is 53.5 Å². The Hall–Kier alpha value is -1.43. The van der Waals surface area contributed by atoms with Gasteiger partial charge in [-0.1, -0.05) is 35.8 Å². The molecule has 1 saturated heterocycles. The second-order valence-electron chi connectivity index (χ2n) is 4.82. The number of hydrogen-bond acceptors (Lipinski definition) is 2. The number of aliphatic imine (C=N–C) groups is 1. The summed E-state index contributed by atoms with van der Waals surface area (Å²) in [4.78, 5) is 16.1. The molecule has 1 aliphatic heterocycles. The smallest absolute Gasteiger partial charge is 0.254 e. The van der Waals surface area contributed by atoms with E-state index >= 15 is 0 Å². The molecule has 0 bridgehead atoms. The predicted molar refractivity (Wildman–Crippen MR) is 75.3 cm³/mol. The fraction of sp³-hybridized carbons (Fsp3) is 0.385. The number of carbonyl (C=O) groups excluding carboxylic acids is 1. The van der Waals surface area contributed by atoms with Crippen molar-refractivity contribution >= 4 is 27.8 Å². The average Bonchev–Trinajstić information content (AvgIpc) is 2.68. The van der Waals surface area contributed by atoms with Gasteiger partial charge in [-0.2, -0.15) is 0 Å². The van der Waals surface area contributed by atoms with E-state index in [4.69, 9.17) is 0 Å². The lowest BCUT2D eigenvalue weighted by Crippen LogP contribution is -2.26. The molecule has 2 rings (SSSR count). The average molecular weight is 328 g/mol. The lowest BCUT2D eigenvalue weighted by molar-refractivity contribution is -0.120. The van der Waals surface area contributed by atoms with Gasteiger partial charge in [0.25, 0.3) is 5.91 Å². The first-order valence-corrected chi connectivity index (χ1v) is 6.83. The van der Waals surface area contributed by atoms with Crippen molar-refractivity contribution < 1.29 is 9.18 Å². The van der Waals surface area contributed by atoms with Crippen LogP contribution in [0.25, 0.3) is 0 Å². The van der Waals surface area contributed by atoms with E-state index in [1.54, 1.807) is 12.1 Å². The van der Waals surface area contributed by atoms with Crippen LogP contribution in [0.2, 0.25) is 0 Å². The van der Waals surface area contributed by atoms with Gasteiger partial charge >= 0.3 is 0 Å². The lowest BCUT2D eigenvalue weighted by atomic mass is 10.1. The monoisotopic (exact) mass is 327 g/mol. The molecule has 1 aromatic carbocycles. The van der Waals surface area contributed by atoms with Gasteiger partial charge in [-0.15, -0.1) is 0 Å². The van der Waals surface area contributed by atoms with Crippen molar-refractivity contribution in [3.63, 3.8) is 0 Å². The Balaban J connectivity index is 2.18. The second-order valence-corrected chi connectivity index (χ2v) is 5.73. The molecular weight excluding hydrogens is 313 g/mol. The molecule has 1 unspecified atom stereocenters. The van der Waals surface area contributed by atoms with Crippen LogP contribution in [-0.4, -0.2) is 18.4 Å². The van der Waals surface area contributed by atoms with Crippen LogP contribution < -0.4 is 10.6 Å². The number of nitrogens with zero attached hydrogens (tertiary/aromatic N) is 1. The van der Waals surface area contributed by atoms with Crippen molar-refractivity contribution in [1.82, 2.24) is 10.6 Å². The van der Waals surface area contributed by atoms with Crippen LogP contribution in [0.1, 0.15) is 25.5 Å². The zero-order chi connectivity index (χ0) is 14.0. The Morgan fingerprint density at radius 1 is 1.47 bits per heavy atom. The highest BCUT2D eigenvalue weighted by Crippen LogP contribution is 2.23. The number of halogens is 2. The largest absolute Gasteiger partial charge is 0.340 e. The molecule has 0 aromatic heterocycles.